The van der Waals surface area contributed by atoms with Crippen molar-refractivity contribution in [3.63, 3.8) is 0 Å². The summed E-state index contributed by atoms with van der Waals surface area (Å²) < 4.78 is 2.08. The summed E-state index contributed by atoms with van der Waals surface area (Å²) in [6.07, 6.45) is 5.07. The summed E-state index contributed by atoms with van der Waals surface area (Å²) in [6, 6.07) is 14.1. The van der Waals surface area contributed by atoms with Crippen LogP contribution >= 0.6 is 0 Å². The van der Waals surface area contributed by atoms with Gasteiger partial charge in [-0.05, 0) is 50.0 Å². The molecule has 2 aromatic rings. The Morgan fingerprint density at radius 1 is 1.00 bits per heavy atom. The Balaban J connectivity index is 1.49. The zero-order valence-electron chi connectivity index (χ0n) is 15.9. The van der Waals surface area contributed by atoms with Gasteiger partial charge in [-0.3, -0.25) is 14.5 Å². The van der Waals surface area contributed by atoms with Crippen molar-refractivity contribution in [1.29, 1.82) is 0 Å². The van der Waals surface area contributed by atoms with Crippen molar-refractivity contribution in [2.45, 2.75) is 25.3 Å². The minimum Gasteiger partial charge on any atom is -0.353 e. The highest BCUT2D eigenvalue weighted by molar-refractivity contribution is 6.35. The van der Waals surface area contributed by atoms with Gasteiger partial charge in [0.2, 0.25) is 0 Å². The van der Waals surface area contributed by atoms with Gasteiger partial charge in [0.05, 0.1) is 6.04 Å². The van der Waals surface area contributed by atoms with E-state index in [2.05, 4.69) is 26.2 Å². The monoisotopic (exact) mass is 368 g/mol. The third-order valence-electron chi connectivity index (χ3n) is 5.11. The molecule has 2 amide bonds. The van der Waals surface area contributed by atoms with Crippen molar-refractivity contribution < 1.29 is 9.59 Å². The van der Waals surface area contributed by atoms with Crippen molar-refractivity contribution >= 4 is 11.8 Å². The molecule has 144 valence electrons. The first-order chi connectivity index (χ1) is 13.1. The Morgan fingerprint density at radius 3 is 2.37 bits per heavy atom. The van der Waals surface area contributed by atoms with Gasteiger partial charge in [-0.25, -0.2) is 0 Å². The molecule has 3 rings (SSSR count). The molecule has 6 nitrogen and oxygen atoms in total. The topological polar surface area (TPSA) is 66.4 Å². The van der Waals surface area contributed by atoms with Crippen LogP contribution in [0.4, 0.5) is 0 Å². The van der Waals surface area contributed by atoms with E-state index >= 15 is 0 Å². The number of nitrogens with zero attached hydrogens (tertiary/aromatic N) is 2. The van der Waals surface area contributed by atoms with E-state index in [1.165, 1.54) is 12.8 Å². The molecule has 1 aromatic heterocycles. The van der Waals surface area contributed by atoms with Gasteiger partial charge in [-0.2, -0.15) is 0 Å². The minimum atomic E-state index is -0.571. The second-order valence-corrected chi connectivity index (χ2v) is 7.00. The molecule has 0 bridgehead atoms. The number of likely N-dealkylation sites (tertiary alicyclic amines) is 1. The summed E-state index contributed by atoms with van der Waals surface area (Å²) >= 11 is 0. The lowest BCUT2D eigenvalue weighted by Crippen LogP contribution is -2.44. The molecule has 1 saturated heterocycles. The van der Waals surface area contributed by atoms with E-state index in [0.717, 1.165) is 24.3 Å². The first-order valence-corrected chi connectivity index (χ1v) is 9.60. The molecule has 2 N–H and O–H groups in total. The number of benzene rings is 1. The summed E-state index contributed by atoms with van der Waals surface area (Å²) in [5, 5.41) is 5.52. The Morgan fingerprint density at radius 2 is 1.70 bits per heavy atom. The van der Waals surface area contributed by atoms with E-state index in [1.54, 1.807) is 0 Å². The number of nitrogens with one attached hydrogen (secondary N) is 2. The maximum Gasteiger partial charge on any atom is 0.309 e. The van der Waals surface area contributed by atoms with Crippen molar-refractivity contribution in [3.8, 4) is 0 Å². The van der Waals surface area contributed by atoms with Gasteiger partial charge in [0.1, 0.15) is 0 Å². The highest BCUT2D eigenvalue weighted by Gasteiger charge is 2.26. The van der Waals surface area contributed by atoms with Crippen LogP contribution in [0.1, 0.15) is 30.1 Å². The Kier molecular flexibility index (Phi) is 6.65. The maximum absolute atomic E-state index is 12.2. The van der Waals surface area contributed by atoms with E-state index in [1.807, 2.05) is 49.6 Å². The molecule has 1 aromatic carbocycles. The van der Waals surface area contributed by atoms with Crippen molar-refractivity contribution in [2.24, 2.45) is 7.05 Å². The molecule has 0 aliphatic carbocycles. The second-order valence-electron chi connectivity index (χ2n) is 7.00. The molecular weight excluding hydrogens is 340 g/mol. The zero-order chi connectivity index (χ0) is 19.1. The number of hydrogen-bond donors (Lipinski definition) is 2. The molecule has 1 aliphatic heterocycles. The van der Waals surface area contributed by atoms with E-state index < -0.39 is 11.8 Å². The second kappa shape index (κ2) is 9.37. The average molecular weight is 368 g/mol. The van der Waals surface area contributed by atoms with Crippen LogP contribution in [0.25, 0.3) is 0 Å². The summed E-state index contributed by atoms with van der Waals surface area (Å²) in [5.74, 6) is -1.14. The summed E-state index contributed by atoms with van der Waals surface area (Å²) in [5.41, 5.74) is 2.29. The third kappa shape index (κ3) is 5.20. The van der Waals surface area contributed by atoms with Crippen LogP contribution in [0.15, 0.2) is 48.7 Å². The lowest BCUT2D eigenvalue weighted by Gasteiger charge is -2.28. The highest BCUT2D eigenvalue weighted by atomic mass is 16.2. The van der Waals surface area contributed by atoms with Crippen LogP contribution in [0.2, 0.25) is 0 Å². The summed E-state index contributed by atoms with van der Waals surface area (Å²) in [7, 11) is 2.01. The first-order valence-electron chi connectivity index (χ1n) is 9.60. The molecule has 27 heavy (non-hydrogen) atoms. The average Bonchev–Trinajstić information content (AvgIpc) is 3.35. The van der Waals surface area contributed by atoms with Crippen LogP contribution in [-0.2, 0) is 23.1 Å². The van der Waals surface area contributed by atoms with Gasteiger partial charge in [0.15, 0.2) is 0 Å². The quantitative estimate of drug-likeness (QED) is 0.730. The zero-order valence-corrected chi connectivity index (χ0v) is 15.9. The smallest absolute Gasteiger partial charge is 0.309 e. The standard InChI is InChI=1S/C21H28N4O2/c1-24-13-7-10-18(24)19(25-14-5-6-15-25)16-23-21(27)20(26)22-12-11-17-8-3-2-4-9-17/h2-4,7-10,13,19H,5-6,11-12,14-16H2,1H3,(H,22,26)(H,23,27). The Labute approximate surface area is 160 Å². The lowest BCUT2D eigenvalue weighted by molar-refractivity contribution is -0.139. The number of aromatic nitrogens is 1. The number of aryl methyl sites for hydroxylation is 1. The molecule has 2 heterocycles. The van der Waals surface area contributed by atoms with Gasteiger partial charge < -0.3 is 15.2 Å². The van der Waals surface area contributed by atoms with E-state index in [4.69, 9.17) is 0 Å². The van der Waals surface area contributed by atoms with Gasteiger partial charge >= 0.3 is 11.8 Å². The fraction of sp³-hybridized carbons (Fsp3) is 0.429. The summed E-state index contributed by atoms with van der Waals surface area (Å²) in [4.78, 5) is 26.7. The fourth-order valence-corrected chi connectivity index (χ4v) is 3.61. The number of hydrogen-bond acceptors (Lipinski definition) is 3. The SMILES string of the molecule is Cn1cccc1C(CNC(=O)C(=O)NCCc1ccccc1)N1CCCC1. The van der Waals surface area contributed by atoms with Crippen LogP contribution in [0.3, 0.4) is 0 Å². The fourth-order valence-electron chi connectivity index (χ4n) is 3.61. The molecule has 0 saturated carbocycles. The van der Waals surface area contributed by atoms with Gasteiger partial charge in [0, 0.05) is 32.0 Å². The van der Waals surface area contributed by atoms with Crippen molar-refractivity contribution in [3.05, 3.63) is 59.9 Å². The van der Waals surface area contributed by atoms with Crippen LogP contribution < -0.4 is 10.6 Å². The van der Waals surface area contributed by atoms with Crippen molar-refractivity contribution in [1.82, 2.24) is 20.1 Å². The highest BCUT2D eigenvalue weighted by Crippen LogP contribution is 2.24. The number of carbonyl (C=O) groups excluding carboxylic acids is 2. The molecule has 0 spiro atoms. The Hall–Kier alpha value is -2.60. The number of rotatable bonds is 7. The molecule has 0 radical (unpaired) electrons. The summed E-state index contributed by atoms with van der Waals surface area (Å²) in [6.45, 7) is 2.93. The largest absolute Gasteiger partial charge is 0.353 e. The molecule has 6 heteroatoms. The van der Waals surface area contributed by atoms with E-state index in [0.29, 0.717) is 19.5 Å². The molecule has 1 unspecified atom stereocenters. The van der Waals surface area contributed by atoms with Gasteiger partial charge in [0.25, 0.3) is 0 Å². The predicted octanol–water partition coefficient (Wildman–Crippen LogP) is 1.64. The lowest BCUT2D eigenvalue weighted by atomic mass is 10.1. The molecule has 1 aliphatic rings. The Bertz CT molecular complexity index is 751. The van der Waals surface area contributed by atoms with E-state index in [-0.39, 0.29) is 6.04 Å². The third-order valence-corrected chi connectivity index (χ3v) is 5.11. The van der Waals surface area contributed by atoms with Crippen molar-refractivity contribution in [2.75, 3.05) is 26.2 Å². The molecular formula is C21H28N4O2. The first kappa shape index (κ1) is 19.2. The van der Waals surface area contributed by atoms with Crippen LogP contribution in [-0.4, -0.2) is 47.5 Å². The number of amides is 2. The van der Waals surface area contributed by atoms with E-state index in [9.17, 15) is 9.59 Å². The predicted molar refractivity (Wildman–Crippen MR) is 105 cm³/mol. The maximum atomic E-state index is 12.2. The van der Waals surface area contributed by atoms with Gasteiger partial charge in [-0.1, -0.05) is 30.3 Å². The normalized spacial score (nSPS) is 15.4. The molecule has 1 atom stereocenters. The van der Waals surface area contributed by atoms with Crippen LogP contribution in [0, 0.1) is 0 Å². The molecule has 1 fully saturated rings. The van der Waals surface area contributed by atoms with Crippen LogP contribution in [0.5, 0.6) is 0 Å². The minimum absolute atomic E-state index is 0.0913. The van der Waals surface area contributed by atoms with Gasteiger partial charge in [-0.15, -0.1) is 0 Å². The number of carbonyl (C=O) groups is 2.